The van der Waals surface area contributed by atoms with Crippen LogP contribution < -0.4 is 5.32 Å². The first kappa shape index (κ1) is 17.1. The minimum atomic E-state index is 0.173. The SMILES string of the molecule is CCNC(=NCC1CCN(CC)C1)N1CCN(C(C)=O)CC1. The van der Waals surface area contributed by atoms with E-state index >= 15 is 0 Å². The Kier molecular flexibility index (Phi) is 6.49. The van der Waals surface area contributed by atoms with Gasteiger partial charge in [-0.2, -0.15) is 0 Å². The minimum Gasteiger partial charge on any atom is -0.357 e. The second-order valence-corrected chi connectivity index (χ2v) is 6.24. The van der Waals surface area contributed by atoms with Crippen molar-refractivity contribution in [2.24, 2.45) is 10.9 Å². The smallest absolute Gasteiger partial charge is 0.219 e. The Bertz CT molecular complexity index is 390. The normalized spacial score (nSPS) is 24.0. The van der Waals surface area contributed by atoms with Gasteiger partial charge in [0.25, 0.3) is 0 Å². The molecule has 0 aliphatic carbocycles. The second-order valence-electron chi connectivity index (χ2n) is 6.24. The van der Waals surface area contributed by atoms with Crippen molar-refractivity contribution in [3.63, 3.8) is 0 Å². The van der Waals surface area contributed by atoms with E-state index < -0.39 is 0 Å². The Morgan fingerprint density at radius 1 is 1.14 bits per heavy atom. The molecule has 2 aliphatic heterocycles. The Morgan fingerprint density at radius 2 is 1.82 bits per heavy atom. The predicted molar refractivity (Wildman–Crippen MR) is 90.0 cm³/mol. The van der Waals surface area contributed by atoms with Gasteiger partial charge in [-0.1, -0.05) is 6.92 Å². The Morgan fingerprint density at radius 3 is 2.36 bits per heavy atom. The van der Waals surface area contributed by atoms with E-state index in [1.165, 1.54) is 19.5 Å². The number of likely N-dealkylation sites (tertiary alicyclic amines) is 1. The maximum atomic E-state index is 11.4. The summed E-state index contributed by atoms with van der Waals surface area (Å²) in [4.78, 5) is 23.0. The van der Waals surface area contributed by atoms with Crippen molar-refractivity contribution in [1.29, 1.82) is 0 Å². The lowest BCUT2D eigenvalue weighted by atomic mass is 10.1. The van der Waals surface area contributed by atoms with Gasteiger partial charge >= 0.3 is 0 Å². The summed E-state index contributed by atoms with van der Waals surface area (Å²) >= 11 is 0. The molecule has 1 N–H and O–H groups in total. The van der Waals surface area contributed by atoms with Crippen LogP contribution in [-0.2, 0) is 4.79 Å². The minimum absolute atomic E-state index is 0.173. The molecule has 0 radical (unpaired) electrons. The number of nitrogens with one attached hydrogen (secondary N) is 1. The Labute approximate surface area is 134 Å². The number of hydrogen-bond donors (Lipinski definition) is 1. The Hall–Kier alpha value is -1.30. The average molecular weight is 309 g/mol. The molecular formula is C16H31N5O. The fourth-order valence-electron chi connectivity index (χ4n) is 3.22. The molecule has 1 unspecified atom stereocenters. The molecule has 126 valence electrons. The van der Waals surface area contributed by atoms with Crippen molar-refractivity contribution in [2.75, 3.05) is 58.9 Å². The van der Waals surface area contributed by atoms with Gasteiger partial charge in [-0.25, -0.2) is 0 Å². The van der Waals surface area contributed by atoms with Crippen LogP contribution in [0.4, 0.5) is 0 Å². The summed E-state index contributed by atoms with van der Waals surface area (Å²) in [5, 5.41) is 3.40. The highest BCUT2D eigenvalue weighted by Gasteiger charge is 2.23. The highest BCUT2D eigenvalue weighted by atomic mass is 16.2. The van der Waals surface area contributed by atoms with Crippen molar-refractivity contribution in [3.8, 4) is 0 Å². The number of nitrogens with zero attached hydrogens (tertiary/aromatic N) is 4. The van der Waals surface area contributed by atoms with Crippen LogP contribution in [-0.4, -0.2) is 85.5 Å². The van der Waals surface area contributed by atoms with Crippen LogP contribution in [0.15, 0.2) is 4.99 Å². The van der Waals surface area contributed by atoms with Gasteiger partial charge in [0.2, 0.25) is 5.91 Å². The molecule has 2 aliphatic rings. The molecule has 0 spiro atoms. The average Bonchev–Trinajstić information content (AvgIpc) is 2.99. The standard InChI is InChI=1S/C16H31N5O/c1-4-17-16(18-12-15-6-7-19(5-2)13-15)21-10-8-20(9-11-21)14(3)22/h15H,4-13H2,1-3H3,(H,17,18). The van der Waals surface area contributed by atoms with E-state index in [2.05, 4.69) is 29.0 Å². The fourth-order valence-corrected chi connectivity index (χ4v) is 3.22. The molecular weight excluding hydrogens is 278 g/mol. The van der Waals surface area contributed by atoms with Crippen LogP contribution in [0.25, 0.3) is 0 Å². The number of amides is 1. The van der Waals surface area contributed by atoms with E-state index in [1.807, 2.05) is 4.90 Å². The van der Waals surface area contributed by atoms with Gasteiger partial charge in [-0.05, 0) is 32.4 Å². The van der Waals surface area contributed by atoms with Crippen molar-refractivity contribution in [2.45, 2.75) is 27.2 Å². The van der Waals surface area contributed by atoms with Gasteiger partial charge in [0.05, 0.1) is 0 Å². The summed E-state index contributed by atoms with van der Waals surface area (Å²) in [6.07, 6.45) is 1.26. The molecule has 2 saturated heterocycles. The van der Waals surface area contributed by atoms with E-state index in [4.69, 9.17) is 4.99 Å². The van der Waals surface area contributed by atoms with Crippen molar-refractivity contribution in [3.05, 3.63) is 0 Å². The van der Waals surface area contributed by atoms with Crippen LogP contribution >= 0.6 is 0 Å². The lowest BCUT2D eigenvalue weighted by Gasteiger charge is -2.36. The number of carbonyl (C=O) groups excluding carboxylic acids is 1. The molecule has 0 saturated carbocycles. The monoisotopic (exact) mass is 309 g/mol. The van der Waals surface area contributed by atoms with Gasteiger partial charge in [0, 0.05) is 52.7 Å². The van der Waals surface area contributed by atoms with Crippen LogP contribution in [0.1, 0.15) is 27.2 Å². The van der Waals surface area contributed by atoms with Crippen molar-refractivity contribution in [1.82, 2.24) is 20.0 Å². The van der Waals surface area contributed by atoms with Gasteiger partial charge in [0.15, 0.2) is 5.96 Å². The number of aliphatic imine (C=N–C) groups is 1. The van der Waals surface area contributed by atoms with E-state index in [0.717, 1.165) is 51.8 Å². The number of hydrogen-bond acceptors (Lipinski definition) is 3. The first-order chi connectivity index (χ1) is 10.6. The maximum Gasteiger partial charge on any atom is 0.219 e. The fraction of sp³-hybridized carbons (Fsp3) is 0.875. The van der Waals surface area contributed by atoms with Gasteiger partial charge in [-0.3, -0.25) is 9.79 Å². The first-order valence-electron chi connectivity index (χ1n) is 8.65. The summed E-state index contributed by atoms with van der Waals surface area (Å²) in [5.41, 5.74) is 0. The molecule has 0 aromatic rings. The van der Waals surface area contributed by atoms with E-state index in [0.29, 0.717) is 5.92 Å². The van der Waals surface area contributed by atoms with Gasteiger partial charge in [-0.15, -0.1) is 0 Å². The third-order valence-corrected chi connectivity index (χ3v) is 4.68. The number of piperazine rings is 1. The Balaban J connectivity index is 1.86. The summed E-state index contributed by atoms with van der Waals surface area (Å²) in [5.74, 6) is 1.87. The van der Waals surface area contributed by atoms with Crippen LogP contribution in [0.2, 0.25) is 0 Å². The van der Waals surface area contributed by atoms with Gasteiger partial charge in [0.1, 0.15) is 0 Å². The first-order valence-corrected chi connectivity index (χ1v) is 8.65. The number of guanidine groups is 1. The molecule has 0 aromatic carbocycles. The molecule has 0 aromatic heterocycles. The van der Waals surface area contributed by atoms with E-state index in [1.54, 1.807) is 6.92 Å². The molecule has 1 atom stereocenters. The summed E-state index contributed by atoms with van der Waals surface area (Å²) in [7, 11) is 0. The van der Waals surface area contributed by atoms with E-state index in [-0.39, 0.29) is 5.91 Å². The zero-order valence-electron chi connectivity index (χ0n) is 14.3. The molecule has 2 heterocycles. The second kappa shape index (κ2) is 8.36. The molecule has 1 amide bonds. The lowest BCUT2D eigenvalue weighted by Crippen LogP contribution is -2.53. The molecule has 6 heteroatoms. The lowest BCUT2D eigenvalue weighted by molar-refractivity contribution is -0.130. The largest absolute Gasteiger partial charge is 0.357 e. The quantitative estimate of drug-likeness (QED) is 0.605. The zero-order chi connectivity index (χ0) is 15.9. The summed E-state index contributed by atoms with van der Waals surface area (Å²) in [6, 6.07) is 0. The van der Waals surface area contributed by atoms with Crippen LogP contribution in [0, 0.1) is 5.92 Å². The van der Waals surface area contributed by atoms with Gasteiger partial charge < -0.3 is 20.0 Å². The molecule has 6 nitrogen and oxygen atoms in total. The number of carbonyl (C=O) groups is 1. The van der Waals surface area contributed by atoms with E-state index in [9.17, 15) is 4.79 Å². The highest BCUT2D eigenvalue weighted by Crippen LogP contribution is 2.16. The third kappa shape index (κ3) is 4.60. The predicted octanol–water partition coefficient (Wildman–Crippen LogP) is 0.458. The zero-order valence-corrected chi connectivity index (χ0v) is 14.3. The maximum absolute atomic E-state index is 11.4. The summed E-state index contributed by atoms with van der Waals surface area (Å²) in [6.45, 7) is 14.7. The van der Waals surface area contributed by atoms with Crippen molar-refractivity contribution >= 4 is 11.9 Å². The highest BCUT2D eigenvalue weighted by molar-refractivity contribution is 5.80. The topological polar surface area (TPSA) is 51.2 Å². The van der Waals surface area contributed by atoms with Crippen molar-refractivity contribution < 1.29 is 4.79 Å². The summed E-state index contributed by atoms with van der Waals surface area (Å²) < 4.78 is 0. The molecule has 0 bridgehead atoms. The number of rotatable bonds is 4. The molecule has 2 fully saturated rings. The molecule has 2 rings (SSSR count). The molecule has 22 heavy (non-hydrogen) atoms. The van der Waals surface area contributed by atoms with Crippen LogP contribution in [0.5, 0.6) is 0 Å². The van der Waals surface area contributed by atoms with Crippen LogP contribution in [0.3, 0.4) is 0 Å². The third-order valence-electron chi connectivity index (χ3n) is 4.68.